The van der Waals surface area contributed by atoms with Crippen molar-refractivity contribution in [3.8, 4) is 0 Å². The molecule has 20 aromatic heterocycles. The fraction of sp³-hybridized carbons (Fsp3) is 0.212. The first-order valence-corrected chi connectivity index (χ1v) is 47.5. The molecule has 0 aliphatic carbocycles. The summed E-state index contributed by atoms with van der Waals surface area (Å²) in [5, 5.41) is 34.6. The molecule has 0 radical (unpaired) electrons. The van der Waals surface area contributed by atoms with Crippen molar-refractivity contribution in [1.29, 1.82) is 0 Å². The van der Waals surface area contributed by atoms with Gasteiger partial charge in [-0.2, -0.15) is 30.6 Å². The number of hydrogen-bond acceptors (Lipinski definition) is 28. The van der Waals surface area contributed by atoms with Crippen molar-refractivity contribution in [2.45, 2.75) is 132 Å². The number of H-pyrrole nitrogens is 1. The lowest BCUT2D eigenvalue weighted by Gasteiger charge is -1.91. The van der Waals surface area contributed by atoms with E-state index in [1.54, 1.807) is 178 Å². The van der Waals surface area contributed by atoms with Crippen molar-refractivity contribution in [3.63, 3.8) is 0 Å². The van der Waals surface area contributed by atoms with Gasteiger partial charge in [-0.05, 0) is 267 Å². The maximum atomic E-state index is 4.83. The average Bonchev–Trinajstić information content (AvgIpc) is 1.72. The number of fused-ring (bicyclic) bond motifs is 1. The monoisotopic (exact) mass is 2020 g/mol. The summed E-state index contributed by atoms with van der Waals surface area (Å²) in [5.74, 6) is 2.65. The molecule has 0 atom stereocenters. The molecule has 2 aromatic carbocycles. The Kier molecular flexibility index (Phi) is 75.9. The van der Waals surface area contributed by atoms with Gasteiger partial charge in [-0.1, -0.05) is 127 Å². The Balaban J connectivity index is 0.000000771. The largest absolute Gasteiger partial charge is 0.470 e. The molecular formula is C113H143N29O3S2. The quantitative estimate of drug-likeness (QED) is 0.147. The molecule has 0 amide bonds. The fourth-order valence-electron chi connectivity index (χ4n) is 8.97. The van der Waals surface area contributed by atoms with Gasteiger partial charge in [0.05, 0.1) is 54.0 Å². The van der Waals surface area contributed by atoms with E-state index >= 15 is 0 Å². The molecule has 22 aromatic rings. The van der Waals surface area contributed by atoms with E-state index < -0.39 is 0 Å². The second-order valence-corrected chi connectivity index (χ2v) is 32.6. The first-order chi connectivity index (χ1) is 70.6. The number of pyridine rings is 5. The third-order valence-electron chi connectivity index (χ3n) is 16.3. The van der Waals surface area contributed by atoms with Gasteiger partial charge >= 0.3 is 0 Å². The highest BCUT2D eigenvalue weighted by Crippen LogP contribution is 2.05. The topological polar surface area (TPSA) is 375 Å². The zero-order valence-electron chi connectivity index (χ0n) is 87.7. The van der Waals surface area contributed by atoms with Crippen molar-refractivity contribution in [3.05, 3.63) is 523 Å². The second kappa shape index (κ2) is 87.5. The Morgan fingerprint density at radius 1 is 0.340 bits per heavy atom. The van der Waals surface area contributed by atoms with Crippen LogP contribution in [0.15, 0.2) is 446 Å². The van der Waals surface area contributed by atoms with Gasteiger partial charge in [0, 0.05) is 204 Å². The first kappa shape index (κ1) is 127. The molecular weight excluding hydrogens is 1880 g/mol. The molecule has 21 heterocycles. The van der Waals surface area contributed by atoms with E-state index in [0.29, 0.717) is 0 Å². The summed E-state index contributed by atoms with van der Waals surface area (Å²) in [7, 11) is 7.60. The SMILES string of the molecule is C.CC1=CCN=C1.Cc1ccc2ncnn2c1.Cc1ccccc1.Cc1ccccc1.Cc1ccccn1.Cc1ccccn1.Cc1cccnc1.Cc1cccnc1.Cc1cccnn1.Cc1ccco1.Cc1cccs1.Cc1cn[nH]c1.Cc1cnccn1.Cc1cncnc1.Cc1cnco1.Cc1cncs1.Cc1cocn1.Cc1ncccn1.Cn1cccc1.Cn1cccn1.Cn1cccn1.Cn1ccnn1. The summed E-state index contributed by atoms with van der Waals surface area (Å²) in [4.78, 5) is 60.6. The van der Waals surface area contributed by atoms with Crippen molar-refractivity contribution >= 4 is 34.5 Å². The molecule has 0 bridgehead atoms. The first-order valence-electron chi connectivity index (χ1n) is 45.8. The number of aromatic nitrogens is 28. The van der Waals surface area contributed by atoms with Crippen LogP contribution in [0.3, 0.4) is 0 Å². The Hall–Kier alpha value is -17.5. The highest BCUT2D eigenvalue weighted by Gasteiger charge is 1.93. The van der Waals surface area contributed by atoms with E-state index in [4.69, 9.17) is 8.83 Å². The number of thiazole rings is 1. The number of benzene rings is 2. The number of nitrogens with one attached hydrogen (secondary N) is 1. The molecule has 1 aliphatic rings. The highest BCUT2D eigenvalue weighted by molar-refractivity contribution is 7.10. The predicted octanol–water partition coefficient (Wildman–Crippen LogP) is 24.8. The lowest BCUT2D eigenvalue weighted by molar-refractivity contribution is 0.527. The van der Waals surface area contributed by atoms with Crippen molar-refractivity contribution in [2.24, 2.45) is 33.2 Å². The minimum Gasteiger partial charge on any atom is -0.470 e. The van der Waals surface area contributed by atoms with Gasteiger partial charge in [0.1, 0.15) is 36.3 Å². The van der Waals surface area contributed by atoms with Crippen molar-refractivity contribution in [1.82, 2.24) is 139 Å². The van der Waals surface area contributed by atoms with Crippen LogP contribution in [0, 0.1) is 118 Å². The summed E-state index contributed by atoms with van der Waals surface area (Å²) >= 11 is 3.44. The molecule has 147 heavy (non-hydrogen) atoms. The van der Waals surface area contributed by atoms with Gasteiger partial charge in [-0.15, -0.1) is 27.8 Å². The lowest BCUT2D eigenvalue weighted by atomic mass is 10.2. The summed E-state index contributed by atoms with van der Waals surface area (Å²) in [6, 6.07) is 65.4. The van der Waals surface area contributed by atoms with E-state index in [1.165, 1.54) is 67.8 Å². The van der Waals surface area contributed by atoms with Gasteiger partial charge in [0.25, 0.3) is 0 Å². The number of nitrogens with zero attached hydrogens (tertiary/aromatic N) is 28. The minimum absolute atomic E-state index is 0. The van der Waals surface area contributed by atoms with E-state index in [1.807, 2.05) is 355 Å². The van der Waals surface area contributed by atoms with Crippen LogP contribution >= 0.6 is 22.7 Å². The molecule has 34 heteroatoms. The number of aliphatic imine (C=N–C) groups is 1. The van der Waals surface area contributed by atoms with Crippen LogP contribution in [0.4, 0.5) is 0 Å². The number of furan rings is 1. The van der Waals surface area contributed by atoms with Crippen LogP contribution in [0.2, 0.25) is 0 Å². The fourth-order valence-corrected chi connectivity index (χ4v) is 9.91. The van der Waals surface area contributed by atoms with E-state index in [-0.39, 0.29) is 7.43 Å². The molecule has 1 N–H and O–H groups in total. The lowest BCUT2D eigenvalue weighted by Crippen LogP contribution is -1.86. The Morgan fingerprint density at radius 3 is 1.14 bits per heavy atom. The zero-order chi connectivity index (χ0) is 107. The Morgan fingerprint density at radius 2 is 0.918 bits per heavy atom. The average molecular weight is 2020 g/mol. The van der Waals surface area contributed by atoms with Crippen LogP contribution in [-0.2, 0) is 28.2 Å². The van der Waals surface area contributed by atoms with Crippen LogP contribution in [0.5, 0.6) is 0 Å². The zero-order valence-corrected chi connectivity index (χ0v) is 89.3. The second-order valence-electron chi connectivity index (χ2n) is 30.3. The van der Waals surface area contributed by atoms with Gasteiger partial charge < -0.3 is 17.8 Å². The van der Waals surface area contributed by atoms with E-state index in [2.05, 4.69) is 201 Å². The predicted molar refractivity (Wildman–Crippen MR) is 595 cm³/mol. The molecule has 1 aliphatic heterocycles. The standard InChI is InChI=1S/C7H7N3.2C7H8.4C6H7N.4C5H6N2.2C5H7N.C5H6O.C5H6S.3C4H6N2.2C4H5NO.C4H5NS.C3H5N3.CH4/c1-6-2-3-7-8-5-9-10(7)4-6;2*1-7-5-3-2-4-6-7;2*1-6-3-2-4-7-5-6;2*1-6-4-2-3-5-7-6;1-5-2-6-4-7-3-5;1-5-4-6-2-3-7-5;1-5-6-3-2-4-7-5;1-5-3-2-4-6-7-5;1-5-2-3-6-4-5;1-6-4-2-3-5-6;2*1-5-3-2-4-6-5;1-4-2-5-6-3-4;2*1-6-4-2-3-5-6;1-4-2-6-3-5-4;2*1-4-2-5-3-6-4;1-6-3-2-4-5-6;/h2-5H,1H3;2*2-6H,1H3;4*2-5H,1H3;4*2-4H,1H3;2,4H,3H2,1H3;2-5H,1H3;2*2-4H,1H3;2-3H,1H3,(H,5,6);2*2-4H,1H3;4*2-3H,1H3;1H4. The Labute approximate surface area is 875 Å². The smallest absolute Gasteiger partial charge is 0.180 e. The minimum atomic E-state index is 0. The number of rotatable bonds is 0. The third kappa shape index (κ3) is 81.8. The maximum absolute atomic E-state index is 4.83. The molecule has 0 saturated heterocycles. The van der Waals surface area contributed by atoms with Crippen molar-refractivity contribution in [2.75, 3.05) is 6.54 Å². The third-order valence-corrected chi connectivity index (χ3v) is 17.8. The summed E-state index contributed by atoms with van der Waals surface area (Å²) < 4.78 is 23.1. The van der Waals surface area contributed by atoms with E-state index in [0.717, 1.165) is 63.6 Å². The van der Waals surface area contributed by atoms with Gasteiger partial charge in [-0.3, -0.25) is 59.0 Å². The normalized spacial score (nSPS) is 9.22. The molecule has 32 nitrogen and oxygen atoms in total. The molecule has 0 unspecified atom stereocenters. The maximum Gasteiger partial charge on any atom is 0.180 e. The number of thiophene rings is 1. The summed E-state index contributed by atoms with van der Waals surface area (Å²) in [6.07, 6.45) is 61.4. The van der Waals surface area contributed by atoms with Gasteiger partial charge in [0.15, 0.2) is 18.4 Å². The molecule has 0 spiro atoms. The number of oxazole rings is 2. The number of aryl methyl sites for hydroxylation is 21. The molecule has 0 fully saturated rings. The number of hydrogen-bond donors (Lipinski definition) is 1. The highest BCUT2D eigenvalue weighted by atomic mass is 32.1. The Bertz CT molecular complexity index is 5280. The summed E-state index contributed by atoms with van der Waals surface area (Å²) in [5.41, 5.74) is 17.5. The molecule has 23 rings (SSSR count). The molecule has 0 saturated carbocycles. The van der Waals surface area contributed by atoms with Gasteiger partial charge in [0.2, 0.25) is 0 Å². The van der Waals surface area contributed by atoms with Crippen LogP contribution in [0.1, 0.15) is 109 Å². The van der Waals surface area contributed by atoms with E-state index in [9.17, 15) is 0 Å². The number of allylic oxidation sites excluding steroid dienone is 1. The molecule has 770 valence electrons. The summed E-state index contributed by atoms with van der Waals surface area (Å²) in [6.45, 7) is 36.5. The van der Waals surface area contributed by atoms with Crippen LogP contribution in [0.25, 0.3) is 5.65 Å². The van der Waals surface area contributed by atoms with Crippen molar-refractivity contribution < 1.29 is 13.3 Å². The van der Waals surface area contributed by atoms with Gasteiger partial charge in [-0.25, -0.2) is 39.4 Å². The van der Waals surface area contributed by atoms with Crippen LogP contribution in [-0.4, -0.2) is 152 Å². The van der Waals surface area contributed by atoms with Crippen LogP contribution < -0.4 is 0 Å². The number of aromatic amines is 1.